The standard InChI is InChI=1S/C15H28N2/c1-5-7-17(8-6-2)11-14-13(4)9-12(3)10-15(14)16/h5-6,12-15H,1-2,7-11,16H2,3-4H3. The molecule has 1 rings (SSSR count). The maximum Gasteiger partial charge on any atom is 0.0164 e. The van der Waals surface area contributed by atoms with Crippen molar-refractivity contribution in [2.24, 2.45) is 23.5 Å². The van der Waals surface area contributed by atoms with E-state index in [1.807, 2.05) is 12.2 Å². The molecule has 4 atom stereocenters. The maximum absolute atomic E-state index is 6.32. The normalized spacial score (nSPS) is 33.6. The van der Waals surface area contributed by atoms with Gasteiger partial charge in [0.25, 0.3) is 0 Å². The lowest BCUT2D eigenvalue weighted by atomic mass is 9.72. The molecule has 0 aromatic rings. The predicted molar refractivity (Wildman–Crippen MR) is 75.9 cm³/mol. The Kier molecular flexibility index (Phi) is 5.93. The Morgan fingerprint density at radius 1 is 1.18 bits per heavy atom. The second kappa shape index (κ2) is 6.97. The van der Waals surface area contributed by atoms with Crippen molar-refractivity contribution in [3.05, 3.63) is 25.3 Å². The molecule has 1 fully saturated rings. The van der Waals surface area contributed by atoms with Crippen molar-refractivity contribution in [3.63, 3.8) is 0 Å². The van der Waals surface area contributed by atoms with E-state index in [2.05, 4.69) is 31.9 Å². The fraction of sp³-hybridized carbons (Fsp3) is 0.733. The van der Waals surface area contributed by atoms with Crippen molar-refractivity contribution in [2.45, 2.75) is 32.7 Å². The Morgan fingerprint density at radius 3 is 2.24 bits per heavy atom. The highest BCUT2D eigenvalue weighted by Crippen LogP contribution is 2.33. The summed E-state index contributed by atoms with van der Waals surface area (Å²) in [6.07, 6.45) is 6.41. The molecule has 0 amide bonds. The summed E-state index contributed by atoms with van der Waals surface area (Å²) in [4.78, 5) is 2.39. The van der Waals surface area contributed by atoms with Crippen molar-refractivity contribution in [3.8, 4) is 0 Å². The molecule has 1 aliphatic carbocycles. The number of rotatable bonds is 6. The van der Waals surface area contributed by atoms with Gasteiger partial charge < -0.3 is 5.73 Å². The quantitative estimate of drug-likeness (QED) is 0.718. The predicted octanol–water partition coefficient (Wildman–Crippen LogP) is 2.67. The summed E-state index contributed by atoms with van der Waals surface area (Å²) in [7, 11) is 0. The van der Waals surface area contributed by atoms with Crippen molar-refractivity contribution in [1.82, 2.24) is 4.90 Å². The van der Waals surface area contributed by atoms with Crippen molar-refractivity contribution >= 4 is 0 Å². The van der Waals surface area contributed by atoms with Crippen LogP contribution in [-0.4, -0.2) is 30.6 Å². The van der Waals surface area contributed by atoms with E-state index in [0.717, 1.165) is 31.5 Å². The topological polar surface area (TPSA) is 29.3 Å². The minimum absolute atomic E-state index is 0.353. The molecular formula is C15H28N2. The lowest BCUT2D eigenvalue weighted by Crippen LogP contribution is -2.46. The number of hydrogen-bond acceptors (Lipinski definition) is 2. The van der Waals surface area contributed by atoms with Gasteiger partial charge in [0, 0.05) is 25.7 Å². The first-order valence-corrected chi connectivity index (χ1v) is 6.78. The average Bonchev–Trinajstić information content (AvgIpc) is 2.23. The first-order chi connectivity index (χ1) is 8.08. The third-order valence-corrected chi connectivity index (χ3v) is 3.97. The van der Waals surface area contributed by atoms with Crippen LogP contribution in [0.1, 0.15) is 26.7 Å². The molecule has 0 aliphatic heterocycles. The Labute approximate surface area is 107 Å². The lowest BCUT2D eigenvalue weighted by Gasteiger charge is -2.40. The number of nitrogens with zero attached hydrogens (tertiary/aromatic N) is 1. The second-order valence-corrected chi connectivity index (χ2v) is 5.68. The van der Waals surface area contributed by atoms with Crippen LogP contribution < -0.4 is 5.73 Å². The number of nitrogens with two attached hydrogens (primary N) is 1. The van der Waals surface area contributed by atoms with Crippen molar-refractivity contribution in [2.75, 3.05) is 19.6 Å². The molecular weight excluding hydrogens is 208 g/mol. The lowest BCUT2D eigenvalue weighted by molar-refractivity contribution is 0.129. The zero-order valence-electron chi connectivity index (χ0n) is 11.4. The van der Waals surface area contributed by atoms with Gasteiger partial charge in [-0.1, -0.05) is 26.0 Å². The zero-order valence-corrected chi connectivity index (χ0v) is 11.4. The van der Waals surface area contributed by atoms with E-state index in [-0.39, 0.29) is 0 Å². The third kappa shape index (κ3) is 4.29. The molecule has 4 unspecified atom stereocenters. The molecule has 0 spiro atoms. The molecule has 98 valence electrons. The molecule has 0 aromatic carbocycles. The number of hydrogen-bond donors (Lipinski definition) is 1. The van der Waals surface area contributed by atoms with Gasteiger partial charge in [0.05, 0.1) is 0 Å². The first kappa shape index (κ1) is 14.5. The van der Waals surface area contributed by atoms with Gasteiger partial charge in [-0.2, -0.15) is 0 Å². The van der Waals surface area contributed by atoms with Crippen LogP contribution in [0.15, 0.2) is 25.3 Å². The van der Waals surface area contributed by atoms with E-state index in [1.54, 1.807) is 0 Å². The van der Waals surface area contributed by atoms with Crippen molar-refractivity contribution in [1.29, 1.82) is 0 Å². The van der Waals surface area contributed by atoms with E-state index in [1.165, 1.54) is 12.8 Å². The molecule has 1 saturated carbocycles. The van der Waals surface area contributed by atoms with E-state index in [0.29, 0.717) is 12.0 Å². The Balaban J connectivity index is 2.57. The fourth-order valence-electron chi connectivity index (χ4n) is 3.17. The molecule has 0 heterocycles. The van der Waals surface area contributed by atoms with Gasteiger partial charge in [-0.15, -0.1) is 13.2 Å². The Bertz CT molecular complexity index is 227. The van der Waals surface area contributed by atoms with Gasteiger partial charge in [-0.3, -0.25) is 4.90 Å². The minimum atomic E-state index is 0.353. The molecule has 17 heavy (non-hydrogen) atoms. The van der Waals surface area contributed by atoms with Gasteiger partial charge in [-0.05, 0) is 30.6 Å². The maximum atomic E-state index is 6.32. The molecule has 2 heteroatoms. The second-order valence-electron chi connectivity index (χ2n) is 5.68. The van der Waals surface area contributed by atoms with Gasteiger partial charge in [0.1, 0.15) is 0 Å². The molecule has 0 saturated heterocycles. The average molecular weight is 236 g/mol. The summed E-state index contributed by atoms with van der Waals surface area (Å²) in [5.74, 6) is 2.13. The molecule has 0 radical (unpaired) electrons. The van der Waals surface area contributed by atoms with Crippen LogP contribution in [0.25, 0.3) is 0 Å². The molecule has 0 bridgehead atoms. The first-order valence-electron chi connectivity index (χ1n) is 6.78. The van der Waals surface area contributed by atoms with Crippen LogP contribution in [-0.2, 0) is 0 Å². The monoisotopic (exact) mass is 236 g/mol. The highest BCUT2D eigenvalue weighted by atomic mass is 15.1. The summed E-state index contributed by atoms with van der Waals surface area (Å²) in [6.45, 7) is 15.2. The van der Waals surface area contributed by atoms with Crippen LogP contribution in [0.4, 0.5) is 0 Å². The Morgan fingerprint density at radius 2 is 1.76 bits per heavy atom. The summed E-state index contributed by atoms with van der Waals surface area (Å²) in [5, 5.41) is 0. The highest BCUT2D eigenvalue weighted by molar-refractivity contribution is 4.89. The van der Waals surface area contributed by atoms with Gasteiger partial charge >= 0.3 is 0 Å². The smallest absolute Gasteiger partial charge is 0.0164 e. The zero-order chi connectivity index (χ0) is 12.8. The van der Waals surface area contributed by atoms with Crippen LogP contribution in [0, 0.1) is 17.8 Å². The largest absolute Gasteiger partial charge is 0.327 e. The van der Waals surface area contributed by atoms with E-state index in [4.69, 9.17) is 5.73 Å². The minimum Gasteiger partial charge on any atom is -0.327 e. The summed E-state index contributed by atoms with van der Waals surface area (Å²) in [5.41, 5.74) is 6.32. The summed E-state index contributed by atoms with van der Waals surface area (Å²) >= 11 is 0. The summed E-state index contributed by atoms with van der Waals surface area (Å²) < 4.78 is 0. The molecule has 0 aromatic heterocycles. The van der Waals surface area contributed by atoms with E-state index >= 15 is 0 Å². The molecule has 2 N–H and O–H groups in total. The Hall–Kier alpha value is -0.600. The highest BCUT2D eigenvalue weighted by Gasteiger charge is 2.32. The fourth-order valence-corrected chi connectivity index (χ4v) is 3.17. The SMILES string of the molecule is C=CCN(CC=C)CC1C(C)CC(C)CC1N. The van der Waals surface area contributed by atoms with Crippen LogP contribution in [0.2, 0.25) is 0 Å². The van der Waals surface area contributed by atoms with E-state index in [9.17, 15) is 0 Å². The third-order valence-electron chi connectivity index (χ3n) is 3.97. The molecule has 1 aliphatic rings. The van der Waals surface area contributed by atoms with Gasteiger partial charge in [0.15, 0.2) is 0 Å². The van der Waals surface area contributed by atoms with Gasteiger partial charge in [-0.25, -0.2) is 0 Å². The van der Waals surface area contributed by atoms with Gasteiger partial charge in [0.2, 0.25) is 0 Å². The van der Waals surface area contributed by atoms with Crippen LogP contribution in [0.5, 0.6) is 0 Å². The van der Waals surface area contributed by atoms with Crippen LogP contribution in [0.3, 0.4) is 0 Å². The van der Waals surface area contributed by atoms with Crippen molar-refractivity contribution < 1.29 is 0 Å². The molecule has 2 nitrogen and oxygen atoms in total. The van der Waals surface area contributed by atoms with Crippen LogP contribution >= 0.6 is 0 Å². The van der Waals surface area contributed by atoms with E-state index < -0.39 is 0 Å². The summed E-state index contributed by atoms with van der Waals surface area (Å²) in [6, 6.07) is 0.353.